The molecule has 2 aromatic rings. The van der Waals surface area contributed by atoms with Crippen LogP contribution in [0, 0.1) is 0 Å². The quantitative estimate of drug-likeness (QED) is 0.839. The number of nitrogens with zero attached hydrogens (tertiary/aromatic N) is 2. The van der Waals surface area contributed by atoms with Gasteiger partial charge >= 0.3 is 12.1 Å². The smallest absolute Gasteiger partial charge is 0.416 e. The summed E-state index contributed by atoms with van der Waals surface area (Å²) < 4.78 is 39.6. The fourth-order valence-corrected chi connectivity index (χ4v) is 3.67. The molecule has 1 N–H and O–H groups in total. The predicted molar refractivity (Wildman–Crippen MR) is 100.0 cm³/mol. The summed E-state index contributed by atoms with van der Waals surface area (Å²) in [6.45, 7) is 3.91. The molecule has 1 aliphatic rings. The number of carbonyl (C=O) groups is 1. The van der Waals surface area contributed by atoms with Gasteiger partial charge in [0.05, 0.1) is 11.6 Å². The van der Waals surface area contributed by atoms with Crippen LogP contribution in [0.15, 0.2) is 54.6 Å². The molecular weight excluding hydrogens is 369 g/mol. The van der Waals surface area contributed by atoms with Crippen LogP contribution in [0.2, 0.25) is 0 Å². The van der Waals surface area contributed by atoms with Crippen molar-refractivity contribution >= 4 is 5.97 Å². The van der Waals surface area contributed by atoms with Crippen LogP contribution >= 0.6 is 0 Å². The monoisotopic (exact) mass is 392 g/mol. The molecule has 7 heteroatoms. The Labute approximate surface area is 162 Å². The van der Waals surface area contributed by atoms with E-state index >= 15 is 0 Å². The summed E-state index contributed by atoms with van der Waals surface area (Å²) in [4.78, 5) is 15.2. The van der Waals surface area contributed by atoms with Crippen LogP contribution in [0.1, 0.15) is 29.7 Å². The normalized spacial score (nSPS) is 18.6. The summed E-state index contributed by atoms with van der Waals surface area (Å²) in [5.41, 5.74) is 0.839. The largest absolute Gasteiger partial charge is 0.480 e. The molecule has 1 unspecified atom stereocenters. The third-order valence-corrected chi connectivity index (χ3v) is 5.26. The van der Waals surface area contributed by atoms with Crippen molar-refractivity contribution in [3.8, 4) is 0 Å². The summed E-state index contributed by atoms with van der Waals surface area (Å²) >= 11 is 0. The molecule has 1 heterocycles. The summed E-state index contributed by atoms with van der Waals surface area (Å²) in [5.74, 6) is -0.870. The molecule has 0 aliphatic carbocycles. The van der Waals surface area contributed by atoms with Crippen LogP contribution in [0.3, 0.4) is 0 Å². The van der Waals surface area contributed by atoms with Crippen LogP contribution in [-0.4, -0.2) is 53.1 Å². The standard InChI is InChI=1S/C21H23F3N2O2/c1-15(20(27)28)25-10-12-26(13-11-25)19(16-6-3-2-4-7-16)17-8-5-9-18(14-17)21(22,23)24/h2-9,14-15,19H,10-13H2,1H3,(H,27,28)/t15-,19?/m0/s1. The molecule has 0 radical (unpaired) electrons. The highest BCUT2D eigenvalue weighted by Crippen LogP contribution is 2.35. The molecular formula is C21H23F3N2O2. The summed E-state index contributed by atoms with van der Waals surface area (Å²) in [5, 5.41) is 9.21. The molecule has 0 amide bonds. The number of piperazine rings is 1. The average Bonchev–Trinajstić information content (AvgIpc) is 2.68. The molecule has 0 bridgehead atoms. The Morgan fingerprint density at radius 1 is 0.929 bits per heavy atom. The van der Waals surface area contributed by atoms with Crippen molar-refractivity contribution in [1.82, 2.24) is 9.80 Å². The maximum atomic E-state index is 13.2. The SMILES string of the molecule is C[C@@H](C(=O)O)N1CCN(C(c2ccccc2)c2cccc(C(F)(F)F)c2)CC1. The molecule has 0 saturated carbocycles. The highest BCUT2D eigenvalue weighted by molar-refractivity contribution is 5.72. The van der Waals surface area contributed by atoms with E-state index in [1.54, 1.807) is 13.0 Å². The Morgan fingerprint density at radius 3 is 2.07 bits per heavy atom. The lowest BCUT2D eigenvalue weighted by Gasteiger charge is -2.41. The average molecular weight is 392 g/mol. The number of alkyl halides is 3. The Kier molecular flexibility index (Phi) is 6.05. The Balaban J connectivity index is 1.89. The molecule has 0 aromatic heterocycles. The number of aliphatic carboxylic acids is 1. The first-order chi connectivity index (χ1) is 13.3. The van der Waals surface area contributed by atoms with Crippen molar-refractivity contribution in [3.05, 3.63) is 71.3 Å². The van der Waals surface area contributed by atoms with Gasteiger partial charge in [0.1, 0.15) is 6.04 Å². The molecule has 2 aromatic carbocycles. The van der Waals surface area contributed by atoms with E-state index < -0.39 is 23.8 Å². The van der Waals surface area contributed by atoms with Gasteiger partial charge in [-0.1, -0.05) is 42.5 Å². The van der Waals surface area contributed by atoms with Gasteiger partial charge in [-0.15, -0.1) is 0 Å². The number of carboxylic acids is 1. The van der Waals surface area contributed by atoms with E-state index in [1.807, 2.05) is 35.2 Å². The van der Waals surface area contributed by atoms with E-state index in [0.29, 0.717) is 31.7 Å². The number of rotatable bonds is 5. The van der Waals surface area contributed by atoms with E-state index in [4.69, 9.17) is 0 Å². The van der Waals surface area contributed by atoms with Crippen LogP contribution in [0.4, 0.5) is 13.2 Å². The van der Waals surface area contributed by atoms with Gasteiger partial charge in [0, 0.05) is 26.2 Å². The van der Waals surface area contributed by atoms with E-state index in [0.717, 1.165) is 11.6 Å². The van der Waals surface area contributed by atoms with Gasteiger partial charge in [-0.3, -0.25) is 14.6 Å². The topological polar surface area (TPSA) is 43.8 Å². The second-order valence-corrected chi connectivity index (χ2v) is 7.02. The molecule has 4 nitrogen and oxygen atoms in total. The highest BCUT2D eigenvalue weighted by atomic mass is 19.4. The van der Waals surface area contributed by atoms with Crippen molar-refractivity contribution in [2.24, 2.45) is 0 Å². The minimum absolute atomic E-state index is 0.314. The van der Waals surface area contributed by atoms with Crippen LogP contribution in [-0.2, 0) is 11.0 Å². The number of halogens is 3. The minimum Gasteiger partial charge on any atom is -0.480 e. The lowest BCUT2D eigenvalue weighted by Crippen LogP contribution is -2.52. The van der Waals surface area contributed by atoms with Crippen molar-refractivity contribution < 1.29 is 23.1 Å². The van der Waals surface area contributed by atoms with E-state index in [9.17, 15) is 23.1 Å². The first kappa shape index (κ1) is 20.4. The molecule has 1 saturated heterocycles. The van der Waals surface area contributed by atoms with Crippen molar-refractivity contribution in [3.63, 3.8) is 0 Å². The number of hydrogen-bond donors (Lipinski definition) is 1. The van der Waals surface area contributed by atoms with Crippen molar-refractivity contribution in [1.29, 1.82) is 0 Å². The Bertz CT molecular complexity index is 803. The lowest BCUT2D eigenvalue weighted by atomic mass is 9.94. The zero-order chi connectivity index (χ0) is 20.3. The zero-order valence-corrected chi connectivity index (χ0v) is 15.6. The Hall–Kier alpha value is -2.38. The van der Waals surface area contributed by atoms with Crippen LogP contribution in [0.5, 0.6) is 0 Å². The summed E-state index contributed by atoms with van der Waals surface area (Å²) in [6.07, 6.45) is -4.40. The molecule has 150 valence electrons. The molecule has 2 atom stereocenters. The Morgan fingerprint density at radius 2 is 1.50 bits per heavy atom. The molecule has 3 rings (SSSR count). The lowest BCUT2D eigenvalue weighted by molar-refractivity contribution is -0.143. The maximum Gasteiger partial charge on any atom is 0.416 e. The third-order valence-electron chi connectivity index (χ3n) is 5.26. The highest BCUT2D eigenvalue weighted by Gasteiger charge is 2.33. The summed E-state index contributed by atoms with van der Waals surface area (Å²) in [6, 6.07) is 14.0. The van der Waals surface area contributed by atoms with Gasteiger partial charge < -0.3 is 5.11 Å². The van der Waals surface area contributed by atoms with Gasteiger partial charge in [0.2, 0.25) is 0 Å². The van der Waals surface area contributed by atoms with Crippen molar-refractivity contribution in [2.75, 3.05) is 26.2 Å². The number of hydrogen-bond acceptors (Lipinski definition) is 3. The van der Waals surface area contributed by atoms with E-state index in [1.165, 1.54) is 12.1 Å². The second kappa shape index (κ2) is 8.32. The maximum absolute atomic E-state index is 13.2. The second-order valence-electron chi connectivity index (χ2n) is 7.02. The fraction of sp³-hybridized carbons (Fsp3) is 0.381. The number of carboxylic acid groups (broad SMARTS) is 1. The third kappa shape index (κ3) is 4.54. The van der Waals surface area contributed by atoms with Crippen LogP contribution in [0.25, 0.3) is 0 Å². The minimum atomic E-state index is -4.40. The van der Waals surface area contributed by atoms with E-state index in [2.05, 4.69) is 4.90 Å². The van der Waals surface area contributed by atoms with E-state index in [-0.39, 0.29) is 6.04 Å². The van der Waals surface area contributed by atoms with Gasteiger partial charge in [0.25, 0.3) is 0 Å². The summed E-state index contributed by atoms with van der Waals surface area (Å²) in [7, 11) is 0. The first-order valence-electron chi connectivity index (χ1n) is 9.20. The number of benzene rings is 2. The fourth-order valence-electron chi connectivity index (χ4n) is 3.67. The molecule has 0 spiro atoms. The van der Waals surface area contributed by atoms with Gasteiger partial charge in [-0.2, -0.15) is 13.2 Å². The van der Waals surface area contributed by atoms with Gasteiger partial charge in [-0.05, 0) is 30.2 Å². The predicted octanol–water partition coefficient (Wildman–Crippen LogP) is 3.89. The zero-order valence-electron chi connectivity index (χ0n) is 15.6. The molecule has 1 aliphatic heterocycles. The first-order valence-corrected chi connectivity index (χ1v) is 9.20. The van der Waals surface area contributed by atoms with Crippen LogP contribution < -0.4 is 0 Å². The molecule has 1 fully saturated rings. The molecule has 28 heavy (non-hydrogen) atoms. The van der Waals surface area contributed by atoms with Crippen molar-refractivity contribution in [2.45, 2.75) is 25.2 Å². The van der Waals surface area contributed by atoms with Gasteiger partial charge in [-0.25, -0.2) is 0 Å². The van der Waals surface area contributed by atoms with Gasteiger partial charge in [0.15, 0.2) is 0 Å².